The quantitative estimate of drug-likeness (QED) is 0.803. The minimum atomic E-state index is 0.0376. The van der Waals surface area contributed by atoms with E-state index in [1.54, 1.807) is 0 Å². The average Bonchev–Trinajstić information content (AvgIpc) is 2.39. The molecule has 0 amide bonds. The van der Waals surface area contributed by atoms with Gasteiger partial charge in [0.1, 0.15) is 0 Å². The summed E-state index contributed by atoms with van der Waals surface area (Å²) in [5.74, 6) is 0. The molecule has 18 heavy (non-hydrogen) atoms. The summed E-state index contributed by atoms with van der Waals surface area (Å²) in [6.45, 7) is 7.49. The Morgan fingerprint density at radius 1 is 1.28 bits per heavy atom. The van der Waals surface area contributed by atoms with E-state index in [1.165, 1.54) is 18.4 Å². The third-order valence-electron chi connectivity index (χ3n) is 4.09. The van der Waals surface area contributed by atoms with Crippen LogP contribution in [0.1, 0.15) is 39.2 Å². The van der Waals surface area contributed by atoms with Gasteiger partial charge in [-0.15, -0.1) is 0 Å². The lowest BCUT2D eigenvalue weighted by Crippen LogP contribution is -2.54. The summed E-state index contributed by atoms with van der Waals surface area (Å²) in [6.07, 6.45) is 3.45. The molecule has 2 atom stereocenters. The van der Waals surface area contributed by atoms with Crippen molar-refractivity contribution in [2.75, 3.05) is 13.6 Å². The van der Waals surface area contributed by atoms with Crippen molar-refractivity contribution in [2.24, 2.45) is 5.73 Å². The number of nitrogens with zero attached hydrogens (tertiary/aromatic N) is 1. The van der Waals surface area contributed by atoms with Crippen LogP contribution in [0, 0.1) is 0 Å². The fraction of sp³-hybridized carbons (Fsp3) is 0.625. The second kappa shape index (κ2) is 6.91. The van der Waals surface area contributed by atoms with Gasteiger partial charge >= 0.3 is 0 Å². The van der Waals surface area contributed by atoms with E-state index < -0.39 is 0 Å². The molecule has 0 aliphatic rings. The molecule has 1 aromatic rings. The summed E-state index contributed by atoms with van der Waals surface area (Å²) in [4.78, 5) is 2.45. The lowest BCUT2D eigenvalue weighted by atomic mass is 9.89. The van der Waals surface area contributed by atoms with Crippen LogP contribution in [0.15, 0.2) is 30.3 Å². The summed E-state index contributed by atoms with van der Waals surface area (Å²) < 4.78 is 0. The van der Waals surface area contributed by atoms with E-state index in [0.717, 1.165) is 6.42 Å². The molecule has 0 saturated heterocycles. The third-order valence-corrected chi connectivity index (χ3v) is 4.09. The van der Waals surface area contributed by atoms with E-state index in [2.05, 4.69) is 63.1 Å². The van der Waals surface area contributed by atoms with Crippen LogP contribution < -0.4 is 5.73 Å². The van der Waals surface area contributed by atoms with Crippen molar-refractivity contribution in [3.05, 3.63) is 35.9 Å². The number of hydrogen-bond acceptors (Lipinski definition) is 2. The van der Waals surface area contributed by atoms with Crippen molar-refractivity contribution in [3.63, 3.8) is 0 Å². The SMILES string of the molecule is CCCC(C)N(C)C(C)(CN)Cc1ccccc1. The Labute approximate surface area is 112 Å². The zero-order valence-electron chi connectivity index (χ0n) is 12.3. The van der Waals surface area contributed by atoms with Crippen LogP contribution in [0.2, 0.25) is 0 Å². The van der Waals surface area contributed by atoms with Gasteiger partial charge in [-0.2, -0.15) is 0 Å². The molecule has 0 spiro atoms. The summed E-state index contributed by atoms with van der Waals surface area (Å²) in [5.41, 5.74) is 7.45. The van der Waals surface area contributed by atoms with Crippen molar-refractivity contribution in [1.82, 2.24) is 4.90 Å². The number of likely N-dealkylation sites (N-methyl/N-ethyl adjacent to an activating group) is 1. The predicted octanol–water partition coefficient (Wildman–Crippen LogP) is 3.07. The van der Waals surface area contributed by atoms with Crippen LogP contribution in [-0.2, 0) is 6.42 Å². The van der Waals surface area contributed by atoms with Crippen LogP contribution in [0.25, 0.3) is 0 Å². The summed E-state index contributed by atoms with van der Waals surface area (Å²) in [5, 5.41) is 0. The average molecular weight is 248 g/mol. The Bertz CT molecular complexity index is 336. The van der Waals surface area contributed by atoms with Crippen LogP contribution in [0.3, 0.4) is 0 Å². The number of hydrogen-bond donors (Lipinski definition) is 1. The second-order valence-electron chi connectivity index (χ2n) is 5.61. The molecule has 0 bridgehead atoms. The molecule has 0 saturated carbocycles. The number of benzene rings is 1. The minimum absolute atomic E-state index is 0.0376. The van der Waals surface area contributed by atoms with Gasteiger partial charge in [-0.3, -0.25) is 4.90 Å². The first-order chi connectivity index (χ1) is 8.53. The third kappa shape index (κ3) is 3.82. The molecule has 0 radical (unpaired) electrons. The van der Waals surface area contributed by atoms with Crippen molar-refractivity contribution < 1.29 is 0 Å². The van der Waals surface area contributed by atoms with Gasteiger partial charge in [0.05, 0.1) is 0 Å². The standard InChI is InChI=1S/C16H28N2/c1-5-9-14(2)18(4)16(3,13-17)12-15-10-7-6-8-11-15/h6-8,10-11,14H,5,9,12-13,17H2,1-4H3. The van der Waals surface area contributed by atoms with Crippen molar-refractivity contribution in [1.29, 1.82) is 0 Å². The van der Waals surface area contributed by atoms with Crippen LogP contribution in [-0.4, -0.2) is 30.1 Å². The molecule has 1 aromatic carbocycles. The maximum atomic E-state index is 6.05. The maximum Gasteiger partial charge on any atom is 0.0343 e. The minimum Gasteiger partial charge on any atom is -0.329 e. The second-order valence-corrected chi connectivity index (χ2v) is 5.61. The Balaban J connectivity index is 2.78. The number of nitrogens with two attached hydrogens (primary N) is 1. The lowest BCUT2D eigenvalue weighted by Gasteiger charge is -2.42. The summed E-state index contributed by atoms with van der Waals surface area (Å²) in [7, 11) is 2.20. The highest BCUT2D eigenvalue weighted by Gasteiger charge is 2.30. The van der Waals surface area contributed by atoms with E-state index in [4.69, 9.17) is 5.73 Å². The highest BCUT2D eigenvalue weighted by atomic mass is 15.2. The molecular formula is C16H28N2. The Morgan fingerprint density at radius 3 is 2.39 bits per heavy atom. The molecule has 2 N–H and O–H groups in total. The van der Waals surface area contributed by atoms with Crippen LogP contribution in [0.4, 0.5) is 0 Å². The van der Waals surface area contributed by atoms with Gasteiger partial charge in [-0.25, -0.2) is 0 Å². The molecule has 1 rings (SSSR count). The first-order valence-corrected chi connectivity index (χ1v) is 7.00. The fourth-order valence-electron chi connectivity index (χ4n) is 2.52. The van der Waals surface area contributed by atoms with E-state index in [9.17, 15) is 0 Å². The van der Waals surface area contributed by atoms with Crippen molar-refractivity contribution in [2.45, 2.75) is 51.6 Å². The maximum absolute atomic E-state index is 6.05. The molecule has 0 heterocycles. The van der Waals surface area contributed by atoms with Crippen LogP contribution >= 0.6 is 0 Å². The first kappa shape index (κ1) is 15.2. The summed E-state index contributed by atoms with van der Waals surface area (Å²) in [6, 6.07) is 11.2. The smallest absolute Gasteiger partial charge is 0.0343 e. The van der Waals surface area contributed by atoms with E-state index in [0.29, 0.717) is 12.6 Å². The molecule has 2 heteroatoms. The lowest BCUT2D eigenvalue weighted by molar-refractivity contribution is 0.0951. The van der Waals surface area contributed by atoms with E-state index in [-0.39, 0.29) is 5.54 Å². The molecule has 2 unspecified atom stereocenters. The molecule has 0 aliphatic carbocycles. The topological polar surface area (TPSA) is 29.3 Å². The molecule has 0 fully saturated rings. The van der Waals surface area contributed by atoms with Crippen LogP contribution in [0.5, 0.6) is 0 Å². The predicted molar refractivity (Wildman–Crippen MR) is 79.7 cm³/mol. The molecule has 102 valence electrons. The fourth-order valence-corrected chi connectivity index (χ4v) is 2.52. The number of rotatable bonds is 7. The van der Waals surface area contributed by atoms with Gasteiger partial charge < -0.3 is 5.73 Å². The van der Waals surface area contributed by atoms with Gasteiger partial charge in [-0.1, -0.05) is 43.7 Å². The van der Waals surface area contributed by atoms with Crippen molar-refractivity contribution in [3.8, 4) is 0 Å². The normalized spacial score (nSPS) is 16.6. The van der Waals surface area contributed by atoms with E-state index in [1.807, 2.05) is 0 Å². The monoisotopic (exact) mass is 248 g/mol. The summed E-state index contributed by atoms with van der Waals surface area (Å²) >= 11 is 0. The zero-order valence-corrected chi connectivity index (χ0v) is 12.3. The Hall–Kier alpha value is -0.860. The zero-order chi connectivity index (χ0) is 13.6. The van der Waals surface area contributed by atoms with Gasteiger partial charge in [0.2, 0.25) is 0 Å². The Morgan fingerprint density at radius 2 is 1.89 bits per heavy atom. The molecule has 0 aliphatic heterocycles. The first-order valence-electron chi connectivity index (χ1n) is 7.00. The van der Waals surface area contributed by atoms with E-state index >= 15 is 0 Å². The van der Waals surface area contributed by atoms with Crippen molar-refractivity contribution >= 4 is 0 Å². The highest BCUT2D eigenvalue weighted by molar-refractivity contribution is 5.18. The molecular weight excluding hydrogens is 220 g/mol. The van der Waals surface area contributed by atoms with Gasteiger partial charge in [0, 0.05) is 18.1 Å². The molecule has 2 nitrogen and oxygen atoms in total. The molecule has 0 aromatic heterocycles. The largest absolute Gasteiger partial charge is 0.329 e. The Kier molecular flexibility index (Phi) is 5.83. The van der Waals surface area contributed by atoms with Gasteiger partial charge in [0.15, 0.2) is 0 Å². The van der Waals surface area contributed by atoms with Gasteiger partial charge in [0.25, 0.3) is 0 Å². The van der Waals surface area contributed by atoms with Gasteiger partial charge in [-0.05, 0) is 39.3 Å². The highest BCUT2D eigenvalue weighted by Crippen LogP contribution is 2.22.